The first-order valence-corrected chi connectivity index (χ1v) is 12.1. The van der Waals surface area contributed by atoms with Gasteiger partial charge in [0.25, 0.3) is 0 Å². The number of allylic oxidation sites excluding steroid dienone is 4. The molecule has 0 heterocycles. The Balaban J connectivity index is 1.89. The molecule has 3 saturated carbocycles. The van der Waals surface area contributed by atoms with Crippen LogP contribution in [0, 0.1) is 34.5 Å². The maximum absolute atomic E-state index is 13.1. The van der Waals surface area contributed by atoms with Crippen molar-refractivity contribution >= 4 is 33.5 Å². The number of aliphatic hydroxyl groups is 1. The molecule has 1 N–H and O–H groups in total. The van der Waals surface area contributed by atoms with Gasteiger partial charge in [-0.3, -0.25) is 14.4 Å². The molecular weight excluding hydrogens is 460 g/mol. The van der Waals surface area contributed by atoms with Gasteiger partial charge in [0.15, 0.2) is 17.2 Å². The second-order valence-electron chi connectivity index (χ2n) is 10.8. The highest BCUT2D eigenvalue weighted by atomic mass is 79.9. The van der Waals surface area contributed by atoms with E-state index in [0.29, 0.717) is 6.42 Å². The van der Waals surface area contributed by atoms with Gasteiger partial charge in [-0.05, 0) is 56.1 Å². The number of ether oxygens (including phenoxy) is 1. The van der Waals surface area contributed by atoms with Crippen molar-refractivity contribution in [1.29, 1.82) is 0 Å². The Labute approximate surface area is 192 Å². The van der Waals surface area contributed by atoms with Gasteiger partial charge in [0, 0.05) is 23.7 Å². The SMILES string of the molecule is CC(=O)O[C@]1(C(C)=O)[C@@H](C)C[C@H]2[C@@H]3C[C@H](C)C4=CC(=O)C=C[C@]4(C)[C@@]3(Br)[C@@H](O)C[C@@]21C. The molecule has 0 aliphatic heterocycles. The smallest absolute Gasteiger partial charge is 0.303 e. The van der Waals surface area contributed by atoms with E-state index in [1.807, 2.05) is 19.9 Å². The molecule has 170 valence electrons. The Morgan fingerprint density at radius 1 is 1.16 bits per heavy atom. The minimum Gasteiger partial charge on any atom is -0.450 e. The molecular formula is C25H33BrO5. The van der Waals surface area contributed by atoms with Gasteiger partial charge in [0.05, 0.1) is 10.4 Å². The van der Waals surface area contributed by atoms with Crippen LogP contribution < -0.4 is 0 Å². The van der Waals surface area contributed by atoms with E-state index in [4.69, 9.17) is 4.74 Å². The van der Waals surface area contributed by atoms with Gasteiger partial charge in [-0.15, -0.1) is 0 Å². The van der Waals surface area contributed by atoms with Crippen LogP contribution in [0.5, 0.6) is 0 Å². The normalized spacial score (nSPS) is 50.8. The summed E-state index contributed by atoms with van der Waals surface area (Å²) in [5.41, 5.74) is -1.37. The zero-order valence-electron chi connectivity index (χ0n) is 19.2. The van der Waals surface area contributed by atoms with Gasteiger partial charge < -0.3 is 9.84 Å². The van der Waals surface area contributed by atoms with E-state index < -0.39 is 32.8 Å². The fourth-order valence-corrected chi connectivity index (χ4v) is 9.21. The quantitative estimate of drug-likeness (QED) is 0.462. The lowest BCUT2D eigenvalue weighted by Crippen LogP contribution is -2.69. The Morgan fingerprint density at radius 3 is 2.39 bits per heavy atom. The summed E-state index contributed by atoms with van der Waals surface area (Å²) in [7, 11) is 0. The molecule has 0 bridgehead atoms. The number of alkyl halides is 1. The van der Waals surface area contributed by atoms with Gasteiger partial charge >= 0.3 is 5.97 Å². The van der Waals surface area contributed by atoms with Crippen molar-refractivity contribution in [2.45, 2.75) is 76.8 Å². The van der Waals surface area contributed by atoms with Crippen molar-refractivity contribution in [1.82, 2.24) is 0 Å². The third kappa shape index (κ3) is 2.61. The van der Waals surface area contributed by atoms with Crippen molar-refractivity contribution < 1.29 is 24.2 Å². The van der Waals surface area contributed by atoms with E-state index in [-0.39, 0.29) is 35.2 Å². The van der Waals surface area contributed by atoms with E-state index in [9.17, 15) is 19.5 Å². The van der Waals surface area contributed by atoms with E-state index in [0.717, 1.165) is 18.4 Å². The lowest BCUT2D eigenvalue weighted by Gasteiger charge is -2.65. The fourth-order valence-electron chi connectivity index (χ4n) is 8.19. The molecule has 5 nitrogen and oxygen atoms in total. The first-order chi connectivity index (χ1) is 14.3. The number of ketones is 2. The lowest BCUT2D eigenvalue weighted by molar-refractivity contribution is -0.198. The van der Waals surface area contributed by atoms with Gasteiger partial charge in [-0.2, -0.15) is 0 Å². The van der Waals surface area contributed by atoms with Crippen molar-refractivity contribution in [3.8, 4) is 0 Å². The molecule has 6 heteroatoms. The average Bonchev–Trinajstić information content (AvgIpc) is 2.87. The van der Waals surface area contributed by atoms with Crippen LogP contribution in [-0.4, -0.2) is 38.7 Å². The zero-order chi connectivity index (χ0) is 23.1. The second-order valence-corrected chi connectivity index (χ2v) is 12.1. The standard InChI is InChI=1S/C25H33BrO5/c1-13-9-20-19-10-14(2)25(15(3)27,31-16(4)28)23(19,6)12-21(30)24(20,26)22(5)8-7-17(29)11-18(13)22/h7-8,11,13-14,19-21,30H,9-10,12H2,1-6H3/t13-,14-,19-,20-,21-,22-,23-,24-,25-/m0/s1. The van der Waals surface area contributed by atoms with Crippen LogP contribution >= 0.6 is 15.9 Å². The number of hydrogen-bond acceptors (Lipinski definition) is 5. The molecule has 9 atom stereocenters. The number of aliphatic hydroxyl groups excluding tert-OH is 1. The minimum atomic E-state index is -1.24. The maximum Gasteiger partial charge on any atom is 0.303 e. The van der Waals surface area contributed by atoms with Crippen LogP contribution in [0.2, 0.25) is 0 Å². The number of halogens is 1. The second kappa shape index (κ2) is 6.86. The highest BCUT2D eigenvalue weighted by Gasteiger charge is 2.76. The zero-order valence-corrected chi connectivity index (χ0v) is 20.8. The van der Waals surface area contributed by atoms with Crippen molar-refractivity contribution in [2.24, 2.45) is 34.5 Å². The van der Waals surface area contributed by atoms with Crippen molar-refractivity contribution in [3.63, 3.8) is 0 Å². The van der Waals surface area contributed by atoms with Crippen LogP contribution in [0.25, 0.3) is 0 Å². The van der Waals surface area contributed by atoms with E-state index in [1.54, 1.807) is 12.2 Å². The van der Waals surface area contributed by atoms with Gasteiger partial charge in [0.1, 0.15) is 0 Å². The molecule has 0 spiro atoms. The molecule has 4 rings (SSSR count). The minimum absolute atomic E-state index is 0.0102. The largest absolute Gasteiger partial charge is 0.450 e. The predicted molar refractivity (Wildman–Crippen MR) is 120 cm³/mol. The monoisotopic (exact) mass is 492 g/mol. The molecule has 0 saturated heterocycles. The molecule has 31 heavy (non-hydrogen) atoms. The predicted octanol–water partition coefficient (Wildman–Crippen LogP) is 4.17. The number of rotatable bonds is 2. The van der Waals surface area contributed by atoms with Crippen LogP contribution in [0.4, 0.5) is 0 Å². The van der Waals surface area contributed by atoms with Gasteiger partial charge in [-0.1, -0.05) is 55.3 Å². The molecule has 0 aromatic rings. The van der Waals surface area contributed by atoms with Crippen LogP contribution in [-0.2, 0) is 19.1 Å². The topological polar surface area (TPSA) is 80.7 Å². The summed E-state index contributed by atoms with van der Waals surface area (Å²) >= 11 is 4.04. The first kappa shape index (κ1) is 22.9. The molecule has 3 fully saturated rings. The van der Waals surface area contributed by atoms with E-state index in [2.05, 4.69) is 29.8 Å². The average molecular weight is 493 g/mol. The summed E-state index contributed by atoms with van der Waals surface area (Å²) in [4.78, 5) is 37.4. The number of Topliss-reactive ketones (excluding diaryl/α,β-unsaturated/α-hetero) is 1. The summed E-state index contributed by atoms with van der Waals surface area (Å²) < 4.78 is 5.23. The molecule has 0 radical (unpaired) electrons. The third-order valence-corrected chi connectivity index (χ3v) is 11.3. The van der Waals surface area contributed by atoms with Crippen LogP contribution in [0.3, 0.4) is 0 Å². The number of hydrogen-bond donors (Lipinski definition) is 1. The summed E-state index contributed by atoms with van der Waals surface area (Å²) in [6.45, 7) is 11.1. The first-order valence-electron chi connectivity index (χ1n) is 11.3. The highest BCUT2D eigenvalue weighted by molar-refractivity contribution is 9.10. The maximum atomic E-state index is 13.1. The number of fused-ring (bicyclic) bond motifs is 5. The lowest BCUT2D eigenvalue weighted by atomic mass is 9.44. The van der Waals surface area contributed by atoms with Crippen molar-refractivity contribution in [3.05, 3.63) is 23.8 Å². The fraction of sp³-hybridized carbons (Fsp3) is 0.720. The molecule has 4 aliphatic carbocycles. The molecule has 0 aromatic heterocycles. The summed E-state index contributed by atoms with van der Waals surface area (Å²) in [5, 5.41) is 11.7. The molecule has 0 unspecified atom stereocenters. The Kier molecular flexibility index (Phi) is 5.07. The van der Waals surface area contributed by atoms with Crippen LogP contribution in [0.15, 0.2) is 23.8 Å². The summed E-state index contributed by atoms with van der Waals surface area (Å²) in [6.07, 6.45) is 6.41. The van der Waals surface area contributed by atoms with Crippen LogP contribution in [0.1, 0.15) is 60.8 Å². The van der Waals surface area contributed by atoms with Gasteiger partial charge in [0.2, 0.25) is 0 Å². The Hall–Kier alpha value is -1.27. The number of esters is 1. The summed E-state index contributed by atoms with van der Waals surface area (Å²) in [6, 6.07) is 0. The van der Waals surface area contributed by atoms with Crippen molar-refractivity contribution in [2.75, 3.05) is 0 Å². The molecule has 0 amide bonds. The molecule has 0 aromatic carbocycles. The van der Waals surface area contributed by atoms with E-state index >= 15 is 0 Å². The van der Waals surface area contributed by atoms with Gasteiger partial charge in [-0.25, -0.2) is 0 Å². The highest BCUT2D eigenvalue weighted by Crippen LogP contribution is 2.73. The third-order valence-electron chi connectivity index (χ3n) is 9.34. The Morgan fingerprint density at radius 2 is 1.81 bits per heavy atom. The molecule has 4 aliphatic rings. The Bertz CT molecular complexity index is 923. The summed E-state index contributed by atoms with van der Waals surface area (Å²) in [5.74, 6) is -0.458. The number of carbonyl (C=O) groups excluding carboxylic acids is 3. The van der Waals surface area contributed by atoms with E-state index in [1.165, 1.54) is 13.8 Å². The number of carbonyl (C=O) groups is 3.